The highest BCUT2D eigenvalue weighted by molar-refractivity contribution is 5.96. The van der Waals surface area contributed by atoms with Crippen molar-refractivity contribution < 1.29 is 4.79 Å². The molecular weight excluding hydrogens is 278 g/mol. The minimum absolute atomic E-state index is 0.415. The van der Waals surface area contributed by atoms with Crippen LogP contribution in [-0.2, 0) is 6.54 Å². The van der Waals surface area contributed by atoms with E-state index in [1.807, 2.05) is 6.07 Å². The van der Waals surface area contributed by atoms with Crippen LogP contribution in [0.5, 0.6) is 0 Å². The number of benzene rings is 1. The molecule has 0 radical (unpaired) electrons. The molecule has 2 heterocycles. The molecule has 0 saturated carbocycles. The fourth-order valence-corrected chi connectivity index (χ4v) is 3.18. The fraction of sp³-hybridized carbons (Fsp3) is 0.500. The van der Waals surface area contributed by atoms with Gasteiger partial charge < -0.3 is 21.4 Å². The van der Waals surface area contributed by atoms with E-state index in [0.717, 1.165) is 55.8 Å². The normalized spacial score (nSPS) is 16.2. The lowest BCUT2D eigenvalue weighted by Crippen LogP contribution is -2.28. The molecule has 0 atom stereocenters. The summed E-state index contributed by atoms with van der Waals surface area (Å²) in [5, 5.41) is 3.39. The van der Waals surface area contributed by atoms with E-state index in [-0.39, 0.29) is 0 Å². The first-order valence-electron chi connectivity index (χ1n) is 7.91. The number of hydrogen-bond donors (Lipinski definition) is 3. The van der Waals surface area contributed by atoms with Gasteiger partial charge in [0.05, 0.1) is 11.0 Å². The van der Waals surface area contributed by atoms with Crippen molar-refractivity contribution in [1.82, 2.24) is 14.9 Å². The van der Waals surface area contributed by atoms with Crippen molar-refractivity contribution in [2.75, 3.05) is 19.6 Å². The average Bonchev–Trinajstić information content (AvgIpc) is 2.91. The van der Waals surface area contributed by atoms with Gasteiger partial charge in [0, 0.05) is 18.0 Å². The minimum Gasteiger partial charge on any atom is -0.366 e. The first-order chi connectivity index (χ1) is 10.7. The van der Waals surface area contributed by atoms with E-state index in [9.17, 15) is 4.79 Å². The van der Waals surface area contributed by atoms with E-state index < -0.39 is 5.91 Å². The second-order valence-electron chi connectivity index (χ2n) is 5.86. The monoisotopic (exact) mass is 301 g/mol. The third-order valence-corrected chi connectivity index (χ3v) is 4.35. The van der Waals surface area contributed by atoms with Gasteiger partial charge in [0.25, 0.3) is 0 Å². The maximum absolute atomic E-state index is 11.4. The van der Waals surface area contributed by atoms with Crippen molar-refractivity contribution in [3.8, 4) is 0 Å². The van der Waals surface area contributed by atoms with Crippen LogP contribution in [-0.4, -0.2) is 35.1 Å². The number of nitrogens with one attached hydrogen (secondary N) is 1. The molecule has 0 spiro atoms. The van der Waals surface area contributed by atoms with Crippen LogP contribution in [0.2, 0.25) is 0 Å². The molecule has 1 saturated heterocycles. The molecule has 0 bridgehead atoms. The Morgan fingerprint density at radius 1 is 1.36 bits per heavy atom. The van der Waals surface area contributed by atoms with Gasteiger partial charge >= 0.3 is 0 Å². The zero-order chi connectivity index (χ0) is 15.5. The van der Waals surface area contributed by atoms with Gasteiger partial charge in [0.15, 0.2) is 0 Å². The summed E-state index contributed by atoms with van der Waals surface area (Å²) in [5.41, 5.74) is 13.5. The van der Waals surface area contributed by atoms with Gasteiger partial charge in [-0.05, 0) is 57.1 Å². The molecule has 1 aromatic carbocycles. The minimum atomic E-state index is -0.415. The topological polar surface area (TPSA) is 99.0 Å². The molecule has 1 aromatic heterocycles. The lowest BCUT2D eigenvalue weighted by atomic mass is 9.97. The second kappa shape index (κ2) is 6.46. The second-order valence-corrected chi connectivity index (χ2v) is 5.86. The molecule has 22 heavy (non-hydrogen) atoms. The Labute approximate surface area is 129 Å². The zero-order valence-electron chi connectivity index (χ0n) is 12.7. The van der Waals surface area contributed by atoms with Crippen molar-refractivity contribution in [3.63, 3.8) is 0 Å². The maximum Gasteiger partial charge on any atom is 0.248 e. The molecule has 6 nitrogen and oxygen atoms in total. The van der Waals surface area contributed by atoms with Crippen molar-refractivity contribution in [2.45, 2.75) is 31.7 Å². The lowest BCUT2D eigenvalue weighted by molar-refractivity contribution is 0.100. The summed E-state index contributed by atoms with van der Waals surface area (Å²) in [6, 6.07) is 5.52. The number of nitrogens with two attached hydrogens (primary N) is 2. The summed E-state index contributed by atoms with van der Waals surface area (Å²) in [6.07, 6.45) is 3.10. The summed E-state index contributed by atoms with van der Waals surface area (Å²) >= 11 is 0. The number of fused-ring (bicyclic) bond motifs is 1. The highest BCUT2D eigenvalue weighted by atomic mass is 16.1. The number of imidazole rings is 1. The number of aryl methyl sites for hydroxylation is 1. The standard InChI is InChI=1S/C16H23N5O/c17-6-1-9-21-14-3-2-12(15(18)22)10-13(14)20-16(21)11-4-7-19-8-5-11/h2-3,10-11,19H,1,4-9,17H2,(H2,18,22). The van der Waals surface area contributed by atoms with E-state index in [4.69, 9.17) is 16.5 Å². The van der Waals surface area contributed by atoms with Gasteiger partial charge in [-0.3, -0.25) is 4.79 Å². The number of rotatable bonds is 5. The number of piperidine rings is 1. The molecule has 0 aliphatic carbocycles. The SMILES string of the molecule is NCCCn1c(C2CCNCC2)nc2cc(C(N)=O)ccc21. The Hall–Kier alpha value is -1.92. The molecule has 1 aliphatic heterocycles. The van der Waals surface area contributed by atoms with E-state index in [1.54, 1.807) is 12.1 Å². The smallest absolute Gasteiger partial charge is 0.248 e. The Morgan fingerprint density at radius 3 is 2.82 bits per heavy atom. The van der Waals surface area contributed by atoms with Crippen molar-refractivity contribution in [1.29, 1.82) is 0 Å². The third kappa shape index (κ3) is 2.84. The van der Waals surface area contributed by atoms with Crippen LogP contribution in [0.25, 0.3) is 11.0 Å². The van der Waals surface area contributed by atoms with Crippen LogP contribution in [0.1, 0.15) is 41.4 Å². The molecule has 0 unspecified atom stereocenters. The van der Waals surface area contributed by atoms with E-state index in [1.165, 1.54) is 0 Å². The summed E-state index contributed by atoms with van der Waals surface area (Å²) in [7, 11) is 0. The van der Waals surface area contributed by atoms with Crippen LogP contribution in [0.4, 0.5) is 0 Å². The maximum atomic E-state index is 11.4. The lowest BCUT2D eigenvalue weighted by Gasteiger charge is -2.23. The molecule has 5 N–H and O–H groups in total. The molecule has 118 valence electrons. The molecule has 2 aromatic rings. The average molecular weight is 301 g/mol. The number of carbonyl (C=O) groups excluding carboxylic acids is 1. The van der Waals surface area contributed by atoms with Crippen LogP contribution in [0.3, 0.4) is 0 Å². The van der Waals surface area contributed by atoms with Gasteiger partial charge in [-0.25, -0.2) is 4.98 Å². The van der Waals surface area contributed by atoms with Crippen LogP contribution >= 0.6 is 0 Å². The van der Waals surface area contributed by atoms with Crippen LogP contribution in [0.15, 0.2) is 18.2 Å². The van der Waals surface area contributed by atoms with Crippen molar-refractivity contribution >= 4 is 16.9 Å². The molecule has 1 amide bonds. The third-order valence-electron chi connectivity index (χ3n) is 4.35. The summed E-state index contributed by atoms with van der Waals surface area (Å²) < 4.78 is 2.27. The summed E-state index contributed by atoms with van der Waals surface area (Å²) in [6.45, 7) is 3.57. The van der Waals surface area contributed by atoms with Crippen LogP contribution in [0, 0.1) is 0 Å². The first-order valence-corrected chi connectivity index (χ1v) is 7.91. The largest absolute Gasteiger partial charge is 0.366 e. The quantitative estimate of drug-likeness (QED) is 0.765. The Bertz CT molecular complexity index is 672. The number of aromatic nitrogens is 2. The van der Waals surface area contributed by atoms with Gasteiger partial charge in [-0.1, -0.05) is 0 Å². The molecule has 3 rings (SSSR count). The number of primary amides is 1. The van der Waals surface area contributed by atoms with Gasteiger partial charge in [0.1, 0.15) is 5.82 Å². The van der Waals surface area contributed by atoms with Crippen molar-refractivity contribution in [3.05, 3.63) is 29.6 Å². The number of nitrogens with zero attached hydrogens (tertiary/aromatic N) is 2. The van der Waals surface area contributed by atoms with Gasteiger partial charge in [-0.2, -0.15) is 0 Å². The summed E-state index contributed by atoms with van der Waals surface area (Å²) in [5.74, 6) is 1.16. The van der Waals surface area contributed by atoms with Crippen LogP contribution < -0.4 is 16.8 Å². The Kier molecular flexibility index (Phi) is 4.40. The molecular formula is C16H23N5O. The van der Waals surface area contributed by atoms with Gasteiger partial charge in [-0.15, -0.1) is 0 Å². The summed E-state index contributed by atoms with van der Waals surface area (Å²) in [4.78, 5) is 16.2. The molecule has 6 heteroatoms. The highest BCUT2D eigenvalue weighted by Crippen LogP contribution is 2.28. The van der Waals surface area contributed by atoms with E-state index >= 15 is 0 Å². The fourth-order valence-electron chi connectivity index (χ4n) is 3.18. The van der Waals surface area contributed by atoms with E-state index in [2.05, 4.69) is 9.88 Å². The zero-order valence-corrected chi connectivity index (χ0v) is 12.7. The Balaban J connectivity index is 2.05. The van der Waals surface area contributed by atoms with E-state index in [0.29, 0.717) is 18.0 Å². The Morgan fingerprint density at radius 2 is 2.14 bits per heavy atom. The van der Waals surface area contributed by atoms with Crippen molar-refractivity contribution in [2.24, 2.45) is 11.5 Å². The molecule has 1 aliphatic rings. The predicted molar refractivity (Wildman–Crippen MR) is 86.8 cm³/mol. The highest BCUT2D eigenvalue weighted by Gasteiger charge is 2.22. The predicted octanol–water partition coefficient (Wildman–Crippen LogP) is 0.951. The number of hydrogen-bond acceptors (Lipinski definition) is 4. The van der Waals surface area contributed by atoms with Gasteiger partial charge in [0.2, 0.25) is 5.91 Å². The number of amides is 1. The molecule has 1 fully saturated rings. The number of carbonyl (C=O) groups is 1. The first kappa shape index (κ1) is 15.0.